The zero-order valence-corrected chi connectivity index (χ0v) is 15.3. The molecule has 1 N–H and O–H groups in total. The van der Waals surface area contributed by atoms with E-state index in [1.807, 2.05) is 18.2 Å². The van der Waals surface area contributed by atoms with Gasteiger partial charge >= 0.3 is 0 Å². The van der Waals surface area contributed by atoms with Crippen molar-refractivity contribution in [3.63, 3.8) is 0 Å². The number of H-pyrrole nitrogens is 1. The molecule has 1 heterocycles. The molecule has 2 rings (SSSR count). The van der Waals surface area contributed by atoms with Gasteiger partial charge in [0.1, 0.15) is 5.75 Å². The van der Waals surface area contributed by atoms with Crippen LogP contribution >= 0.6 is 0 Å². The number of ether oxygens (including phenoxy) is 1. The second-order valence-electron chi connectivity index (χ2n) is 7.22. The van der Waals surface area contributed by atoms with E-state index in [1.165, 1.54) is 6.92 Å². The first-order valence-electron chi connectivity index (χ1n) is 7.65. The van der Waals surface area contributed by atoms with E-state index in [0.717, 1.165) is 16.6 Å². The fourth-order valence-corrected chi connectivity index (χ4v) is 2.96. The normalized spacial score (nSPS) is 14.3. The molecular formula is C17H26FNO2Si. The molecule has 0 radical (unpaired) electrons. The van der Waals surface area contributed by atoms with E-state index in [1.54, 1.807) is 6.07 Å². The number of rotatable bonds is 5. The number of hydrogen-bond donors (Lipinski definition) is 1. The Kier molecular flexibility index (Phi) is 4.68. The number of fused-ring (bicyclic) bond motifs is 1. The van der Waals surface area contributed by atoms with E-state index < -0.39 is 14.7 Å². The minimum atomic E-state index is -1.79. The van der Waals surface area contributed by atoms with Crippen LogP contribution < -0.4 is 4.74 Å². The van der Waals surface area contributed by atoms with Crippen LogP contribution in [0.5, 0.6) is 5.75 Å². The first kappa shape index (κ1) is 17.0. The molecule has 0 aliphatic rings. The Balaban J connectivity index is 2.20. The van der Waals surface area contributed by atoms with Crippen molar-refractivity contribution in [2.45, 2.75) is 58.8 Å². The van der Waals surface area contributed by atoms with Crippen LogP contribution in [0.25, 0.3) is 10.9 Å². The third-order valence-corrected chi connectivity index (χ3v) is 8.84. The standard InChI is InChI=1S/C17H26FNO2Si/c1-12(18)21-16-9-7-8-15-14(16)10-13(19-15)11-20-22(5,6)17(2,3)4/h7-10,12,19H,11H2,1-6H3. The maximum Gasteiger partial charge on any atom is 0.235 e. The molecule has 0 amide bonds. The SMILES string of the molecule is CC(F)Oc1cccc2[nH]c(CO[Si](C)(C)C(C)(C)C)cc12. The van der Waals surface area contributed by atoms with Crippen LogP contribution in [0.15, 0.2) is 24.3 Å². The molecule has 0 spiro atoms. The van der Waals surface area contributed by atoms with Crippen LogP contribution in [0.3, 0.4) is 0 Å². The predicted octanol–water partition coefficient (Wildman–Crippen LogP) is 5.38. The summed E-state index contributed by atoms with van der Waals surface area (Å²) in [5, 5.41) is 1.07. The van der Waals surface area contributed by atoms with Gasteiger partial charge < -0.3 is 14.1 Å². The molecule has 1 aromatic carbocycles. The van der Waals surface area contributed by atoms with E-state index in [-0.39, 0.29) is 5.04 Å². The number of nitrogens with one attached hydrogen (secondary N) is 1. The maximum atomic E-state index is 13.1. The van der Waals surface area contributed by atoms with Gasteiger partial charge in [0.25, 0.3) is 0 Å². The Labute approximate surface area is 133 Å². The zero-order chi connectivity index (χ0) is 16.5. The summed E-state index contributed by atoms with van der Waals surface area (Å²) < 4.78 is 24.6. The minimum absolute atomic E-state index is 0.178. The third-order valence-electron chi connectivity index (χ3n) is 4.36. The van der Waals surface area contributed by atoms with Gasteiger partial charge in [0.15, 0.2) is 8.32 Å². The summed E-state index contributed by atoms with van der Waals surface area (Å²) in [6.07, 6.45) is -1.33. The van der Waals surface area contributed by atoms with Crippen LogP contribution in [0.1, 0.15) is 33.4 Å². The van der Waals surface area contributed by atoms with Crippen molar-refractivity contribution in [3.05, 3.63) is 30.0 Å². The van der Waals surface area contributed by atoms with Crippen molar-refractivity contribution in [1.29, 1.82) is 0 Å². The molecule has 1 unspecified atom stereocenters. The minimum Gasteiger partial charge on any atom is -0.460 e. The largest absolute Gasteiger partial charge is 0.460 e. The second-order valence-corrected chi connectivity index (χ2v) is 12.0. The highest BCUT2D eigenvalue weighted by Crippen LogP contribution is 2.37. The molecule has 1 aromatic heterocycles. The predicted molar refractivity (Wildman–Crippen MR) is 91.5 cm³/mol. The Bertz CT molecular complexity index is 644. The summed E-state index contributed by atoms with van der Waals surface area (Å²) in [6.45, 7) is 13.0. The Morgan fingerprint density at radius 3 is 2.55 bits per heavy atom. The lowest BCUT2D eigenvalue weighted by atomic mass is 10.2. The highest BCUT2D eigenvalue weighted by Gasteiger charge is 2.37. The first-order valence-corrected chi connectivity index (χ1v) is 10.6. The number of alkyl halides is 1. The average molecular weight is 323 g/mol. The van der Waals surface area contributed by atoms with Gasteiger partial charge in [-0.25, -0.2) is 4.39 Å². The number of benzene rings is 1. The van der Waals surface area contributed by atoms with Gasteiger partial charge in [-0.15, -0.1) is 0 Å². The van der Waals surface area contributed by atoms with E-state index >= 15 is 0 Å². The van der Waals surface area contributed by atoms with Gasteiger partial charge in [-0.2, -0.15) is 0 Å². The zero-order valence-electron chi connectivity index (χ0n) is 14.3. The molecule has 0 aliphatic heterocycles. The smallest absolute Gasteiger partial charge is 0.235 e. The average Bonchev–Trinajstić information content (AvgIpc) is 2.78. The highest BCUT2D eigenvalue weighted by atomic mass is 28.4. The molecule has 0 aliphatic carbocycles. The summed E-state index contributed by atoms with van der Waals surface area (Å²) in [5.41, 5.74) is 1.93. The van der Waals surface area contributed by atoms with Crippen molar-refractivity contribution < 1.29 is 13.6 Å². The number of aromatic amines is 1. The summed E-state index contributed by atoms with van der Waals surface area (Å²) in [6, 6.07) is 7.58. The van der Waals surface area contributed by atoms with Gasteiger partial charge in [0, 0.05) is 23.5 Å². The molecule has 2 aromatic rings. The van der Waals surface area contributed by atoms with Crippen LogP contribution in [-0.2, 0) is 11.0 Å². The van der Waals surface area contributed by atoms with Crippen molar-refractivity contribution in [1.82, 2.24) is 4.98 Å². The lowest BCUT2D eigenvalue weighted by molar-refractivity contribution is 0.0877. The summed E-state index contributed by atoms with van der Waals surface area (Å²) in [5.74, 6) is 0.558. The molecule has 22 heavy (non-hydrogen) atoms. The molecule has 122 valence electrons. The molecule has 3 nitrogen and oxygen atoms in total. The van der Waals surface area contributed by atoms with Crippen LogP contribution in [-0.4, -0.2) is 19.7 Å². The van der Waals surface area contributed by atoms with Crippen LogP contribution in [0.2, 0.25) is 18.1 Å². The molecule has 0 saturated heterocycles. The van der Waals surface area contributed by atoms with Gasteiger partial charge in [-0.1, -0.05) is 26.8 Å². The fraction of sp³-hybridized carbons (Fsp3) is 0.529. The van der Waals surface area contributed by atoms with E-state index in [4.69, 9.17) is 9.16 Å². The molecule has 0 fully saturated rings. The number of hydrogen-bond acceptors (Lipinski definition) is 2. The summed E-state index contributed by atoms with van der Waals surface area (Å²) in [4.78, 5) is 3.33. The monoisotopic (exact) mass is 323 g/mol. The maximum absolute atomic E-state index is 13.1. The highest BCUT2D eigenvalue weighted by molar-refractivity contribution is 6.74. The van der Waals surface area contributed by atoms with Crippen molar-refractivity contribution in [2.24, 2.45) is 0 Å². The third kappa shape index (κ3) is 3.70. The van der Waals surface area contributed by atoms with Gasteiger partial charge in [0.05, 0.1) is 6.61 Å². The van der Waals surface area contributed by atoms with Crippen LogP contribution in [0, 0.1) is 0 Å². The molecule has 5 heteroatoms. The van der Waals surface area contributed by atoms with E-state index in [0.29, 0.717) is 12.4 Å². The second kappa shape index (κ2) is 6.05. The van der Waals surface area contributed by atoms with Gasteiger partial charge in [-0.05, 0) is 36.3 Å². The number of halogens is 1. The topological polar surface area (TPSA) is 34.2 Å². The van der Waals surface area contributed by atoms with Crippen molar-refractivity contribution >= 4 is 19.2 Å². The molecule has 0 bridgehead atoms. The molecular weight excluding hydrogens is 297 g/mol. The van der Waals surface area contributed by atoms with Crippen molar-refractivity contribution in [3.8, 4) is 5.75 Å². The lowest BCUT2D eigenvalue weighted by Gasteiger charge is -2.36. The Morgan fingerprint density at radius 1 is 1.27 bits per heavy atom. The molecule has 1 atom stereocenters. The Morgan fingerprint density at radius 2 is 1.95 bits per heavy atom. The number of aromatic nitrogens is 1. The van der Waals surface area contributed by atoms with Crippen molar-refractivity contribution in [2.75, 3.05) is 0 Å². The van der Waals surface area contributed by atoms with Gasteiger partial charge in [0.2, 0.25) is 6.36 Å². The fourth-order valence-electron chi connectivity index (χ4n) is 2.02. The quantitative estimate of drug-likeness (QED) is 0.749. The summed E-state index contributed by atoms with van der Waals surface area (Å²) >= 11 is 0. The first-order chi connectivity index (χ1) is 10.1. The van der Waals surface area contributed by atoms with Gasteiger partial charge in [-0.3, -0.25) is 0 Å². The lowest BCUT2D eigenvalue weighted by Crippen LogP contribution is -2.40. The van der Waals surface area contributed by atoms with Crippen LogP contribution in [0.4, 0.5) is 4.39 Å². The summed E-state index contributed by atoms with van der Waals surface area (Å²) in [7, 11) is -1.79. The van der Waals surface area contributed by atoms with E-state index in [2.05, 4.69) is 38.8 Å². The Hall–Kier alpha value is -1.33. The van der Waals surface area contributed by atoms with E-state index in [9.17, 15) is 4.39 Å². The molecule has 0 saturated carbocycles.